The van der Waals surface area contributed by atoms with E-state index < -0.39 is 28.6 Å². The molecule has 298 valence electrons. The third kappa shape index (κ3) is 9.46. The van der Waals surface area contributed by atoms with Crippen LogP contribution in [0.4, 0.5) is 0 Å². The van der Waals surface area contributed by atoms with Gasteiger partial charge in [0.1, 0.15) is 11.5 Å². The first-order chi connectivity index (χ1) is 26.8. The van der Waals surface area contributed by atoms with Crippen LogP contribution < -0.4 is 27.8 Å². The van der Waals surface area contributed by atoms with Crippen molar-refractivity contribution >= 4 is 28.6 Å². The maximum Gasteiger partial charge on any atom is 0.315 e. The molecule has 0 fully saturated rings. The van der Waals surface area contributed by atoms with Crippen molar-refractivity contribution in [2.24, 2.45) is 0 Å². The number of carbonyl (C=O) groups is 2. The van der Waals surface area contributed by atoms with Gasteiger partial charge in [-0.2, -0.15) is 0 Å². The quantitative estimate of drug-likeness (QED) is 0.0700. The molecule has 0 spiro atoms. The highest BCUT2D eigenvalue weighted by Crippen LogP contribution is 2.59. The SMILES string of the molecule is CC(C)(C)[Si](C)(C)Oc1ccc(-c2c3c(c(-c4ccc(O[Si](C)(C)C(C)(C)C)cc4)c(OC(=O)Cc4ccccc4)c2OC(=O)Cc2ccccc2)OCO3)cc1. The number of esters is 2. The van der Waals surface area contributed by atoms with Crippen LogP contribution in [0.3, 0.4) is 0 Å². The van der Waals surface area contributed by atoms with E-state index in [4.69, 9.17) is 27.8 Å². The van der Waals surface area contributed by atoms with E-state index >= 15 is 0 Å². The normalized spacial score (nSPS) is 12.9. The fourth-order valence-corrected chi connectivity index (χ4v) is 7.96. The summed E-state index contributed by atoms with van der Waals surface area (Å²) in [4.78, 5) is 27.9. The number of hydrogen-bond donors (Lipinski definition) is 0. The Morgan fingerprint density at radius 1 is 0.526 bits per heavy atom. The van der Waals surface area contributed by atoms with E-state index in [9.17, 15) is 9.59 Å². The maximum atomic E-state index is 13.9. The standard InChI is InChI=1S/C47H54O8Si2/c1-46(2,3)56(7,8)54-36-25-21-34(22-26-36)40-42-43(51-31-50-42)41(35-23-27-37(28-24-35)55-57(9,10)47(4,5)6)45(53-39(49)30-33-19-15-12-16-20-33)44(40)52-38(48)29-32-17-13-11-14-18-32/h11-28H,29-31H2,1-10H3. The van der Waals surface area contributed by atoms with Crippen LogP contribution in [0.5, 0.6) is 34.5 Å². The van der Waals surface area contributed by atoms with E-state index in [1.54, 1.807) is 0 Å². The van der Waals surface area contributed by atoms with Gasteiger partial charge in [0, 0.05) is 0 Å². The molecule has 0 radical (unpaired) electrons. The summed E-state index contributed by atoms with van der Waals surface area (Å²) in [6.45, 7) is 21.9. The lowest BCUT2D eigenvalue weighted by molar-refractivity contribution is -0.136. The second-order valence-electron chi connectivity index (χ2n) is 17.5. The molecule has 1 aliphatic heterocycles. The Labute approximate surface area is 339 Å². The molecule has 0 aromatic heterocycles. The number of carbonyl (C=O) groups excluding carboxylic acids is 2. The lowest BCUT2D eigenvalue weighted by atomic mass is 9.95. The van der Waals surface area contributed by atoms with Crippen molar-refractivity contribution in [2.45, 2.75) is 90.6 Å². The van der Waals surface area contributed by atoms with E-state index in [-0.39, 0.29) is 41.2 Å². The Morgan fingerprint density at radius 2 is 0.860 bits per heavy atom. The minimum Gasteiger partial charge on any atom is -0.544 e. The van der Waals surface area contributed by atoms with E-state index in [1.165, 1.54) is 0 Å². The predicted molar refractivity (Wildman–Crippen MR) is 231 cm³/mol. The van der Waals surface area contributed by atoms with Gasteiger partial charge in [0.2, 0.25) is 23.4 Å². The molecule has 1 heterocycles. The van der Waals surface area contributed by atoms with Crippen LogP contribution >= 0.6 is 0 Å². The average molecular weight is 803 g/mol. The van der Waals surface area contributed by atoms with Gasteiger partial charge in [-0.15, -0.1) is 0 Å². The first-order valence-electron chi connectivity index (χ1n) is 19.4. The van der Waals surface area contributed by atoms with Gasteiger partial charge in [0.15, 0.2) is 23.0 Å². The van der Waals surface area contributed by atoms with Crippen molar-refractivity contribution in [1.29, 1.82) is 0 Å². The van der Waals surface area contributed by atoms with Crippen molar-refractivity contribution < 1.29 is 37.4 Å². The summed E-state index contributed by atoms with van der Waals surface area (Å²) in [5.41, 5.74) is 3.71. The first-order valence-corrected chi connectivity index (χ1v) is 25.2. The molecule has 57 heavy (non-hydrogen) atoms. The highest BCUT2D eigenvalue weighted by molar-refractivity contribution is 6.75. The largest absolute Gasteiger partial charge is 0.544 e. The van der Waals surface area contributed by atoms with Crippen molar-refractivity contribution in [3.8, 4) is 56.8 Å². The van der Waals surface area contributed by atoms with Crippen LogP contribution in [0, 0.1) is 0 Å². The van der Waals surface area contributed by atoms with Gasteiger partial charge in [-0.25, -0.2) is 0 Å². The first kappa shape index (κ1) is 41.3. The number of hydrogen-bond acceptors (Lipinski definition) is 8. The Kier molecular flexibility index (Phi) is 11.8. The zero-order valence-electron chi connectivity index (χ0n) is 34.8. The summed E-state index contributed by atoms with van der Waals surface area (Å²) in [7, 11) is -4.28. The summed E-state index contributed by atoms with van der Waals surface area (Å²) < 4.78 is 38.4. The third-order valence-electron chi connectivity index (χ3n) is 11.2. The molecular weight excluding hydrogens is 749 g/mol. The summed E-state index contributed by atoms with van der Waals surface area (Å²) in [6, 6.07) is 33.9. The lowest BCUT2D eigenvalue weighted by Crippen LogP contribution is -2.43. The molecule has 0 unspecified atom stereocenters. The van der Waals surface area contributed by atoms with Crippen molar-refractivity contribution in [3.63, 3.8) is 0 Å². The summed E-state index contributed by atoms with van der Waals surface area (Å²) in [5.74, 6) is 1.23. The highest BCUT2D eigenvalue weighted by atomic mass is 28.4. The van der Waals surface area contributed by atoms with E-state index in [0.717, 1.165) is 22.6 Å². The molecule has 1 aliphatic rings. The number of ether oxygens (including phenoxy) is 4. The topological polar surface area (TPSA) is 89.5 Å². The summed E-state index contributed by atoms with van der Waals surface area (Å²) in [6.07, 6.45) is -0.0273. The van der Waals surface area contributed by atoms with Crippen LogP contribution in [-0.4, -0.2) is 35.4 Å². The predicted octanol–water partition coefficient (Wildman–Crippen LogP) is 11.8. The van der Waals surface area contributed by atoms with Crippen molar-refractivity contribution in [3.05, 3.63) is 120 Å². The lowest BCUT2D eigenvalue weighted by Gasteiger charge is -2.36. The molecule has 6 rings (SSSR count). The molecule has 0 saturated carbocycles. The fraction of sp³-hybridized carbons (Fsp3) is 0.319. The zero-order valence-corrected chi connectivity index (χ0v) is 36.8. The monoisotopic (exact) mass is 802 g/mol. The Hall–Kier alpha value is -5.33. The molecular formula is C47H54O8Si2. The van der Waals surface area contributed by atoms with Crippen LogP contribution in [-0.2, 0) is 22.4 Å². The number of fused-ring (bicyclic) bond motifs is 1. The van der Waals surface area contributed by atoms with Gasteiger partial charge >= 0.3 is 11.9 Å². The van der Waals surface area contributed by atoms with Crippen molar-refractivity contribution in [2.75, 3.05) is 6.79 Å². The Morgan fingerprint density at radius 3 is 1.18 bits per heavy atom. The second kappa shape index (κ2) is 16.3. The van der Waals surface area contributed by atoms with Crippen LogP contribution in [0.15, 0.2) is 109 Å². The van der Waals surface area contributed by atoms with Crippen LogP contribution in [0.25, 0.3) is 22.3 Å². The molecule has 0 amide bonds. The molecule has 10 heteroatoms. The van der Waals surface area contributed by atoms with Gasteiger partial charge in [-0.3, -0.25) is 9.59 Å². The van der Waals surface area contributed by atoms with Crippen molar-refractivity contribution in [1.82, 2.24) is 0 Å². The molecule has 0 saturated heterocycles. The molecule has 5 aromatic rings. The maximum absolute atomic E-state index is 13.9. The molecule has 0 aliphatic carbocycles. The van der Waals surface area contributed by atoms with Crippen LogP contribution in [0.2, 0.25) is 36.3 Å². The minimum absolute atomic E-state index is 0.00121. The molecule has 8 nitrogen and oxygen atoms in total. The number of benzene rings is 5. The van der Waals surface area contributed by atoms with Crippen LogP contribution in [0.1, 0.15) is 52.7 Å². The summed E-state index contributed by atoms with van der Waals surface area (Å²) in [5, 5.41) is 0.00241. The summed E-state index contributed by atoms with van der Waals surface area (Å²) >= 11 is 0. The van der Waals surface area contributed by atoms with E-state index in [0.29, 0.717) is 33.8 Å². The number of rotatable bonds is 12. The highest BCUT2D eigenvalue weighted by Gasteiger charge is 2.41. The van der Waals surface area contributed by atoms with Gasteiger partial charge in [0.05, 0.1) is 24.0 Å². The van der Waals surface area contributed by atoms with E-state index in [1.807, 2.05) is 109 Å². The van der Waals surface area contributed by atoms with Gasteiger partial charge in [0.25, 0.3) is 0 Å². The minimum atomic E-state index is -2.14. The Balaban J connectivity index is 1.53. The van der Waals surface area contributed by atoms with Gasteiger partial charge < -0.3 is 27.8 Å². The molecule has 0 N–H and O–H groups in total. The smallest absolute Gasteiger partial charge is 0.315 e. The average Bonchev–Trinajstić information content (AvgIpc) is 3.61. The molecule has 5 aromatic carbocycles. The van der Waals surface area contributed by atoms with Gasteiger partial charge in [-0.05, 0) is 82.8 Å². The van der Waals surface area contributed by atoms with Gasteiger partial charge in [-0.1, -0.05) is 126 Å². The third-order valence-corrected chi connectivity index (χ3v) is 19.9. The van der Waals surface area contributed by atoms with E-state index in [2.05, 4.69) is 67.7 Å². The Bertz CT molecular complexity index is 2040. The second-order valence-corrected chi connectivity index (χ2v) is 27.0. The molecule has 0 atom stereocenters. The molecule has 0 bridgehead atoms. The zero-order chi connectivity index (χ0) is 41.2. The fourth-order valence-electron chi connectivity index (χ4n) is 5.90.